The fraction of sp³-hybridized carbons (Fsp3) is 0.300. The van der Waals surface area contributed by atoms with E-state index in [0.29, 0.717) is 11.3 Å². The largest absolute Gasteiger partial charge is 0.497 e. The number of rotatable bonds is 7. The average Bonchev–Trinajstić information content (AvgIpc) is 2.63. The van der Waals surface area contributed by atoms with E-state index in [4.69, 9.17) is 4.74 Å². The summed E-state index contributed by atoms with van der Waals surface area (Å²) in [5.74, 6) is -0.102. The van der Waals surface area contributed by atoms with Gasteiger partial charge in [0.15, 0.2) is 6.10 Å². The standard InChI is InChI=1S/C20H24N2O4/c1-13-4-9-17(14(2)12-13)22-18(23)10-11-21-20(25)19(24)15-5-7-16(26-3)8-6-15/h4-9,12,19,24H,10-11H2,1-3H3,(H,21,25)(H,22,23)/t19-/m1/s1. The number of amides is 2. The van der Waals surface area contributed by atoms with Gasteiger partial charge in [-0.1, -0.05) is 29.8 Å². The maximum atomic E-state index is 12.0. The molecule has 6 heteroatoms. The smallest absolute Gasteiger partial charge is 0.253 e. The summed E-state index contributed by atoms with van der Waals surface area (Å²) in [5.41, 5.74) is 3.32. The highest BCUT2D eigenvalue weighted by Crippen LogP contribution is 2.18. The van der Waals surface area contributed by atoms with Crippen LogP contribution in [0.4, 0.5) is 5.69 Å². The Morgan fingerprint density at radius 2 is 1.81 bits per heavy atom. The van der Waals surface area contributed by atoms with Gasteiger partial charge in [-0.25, -0.2) is 0 Å². The summed E-state index contributed by atoms with van der Waals surface area (Å²) in [6, 6.07) is 12.4. The molecule has 2 rings (SSSR count). The third-order valence-electron chi connectivity index (χ3n) is 3.99. The molecule has 6 nitrogen and oxygen atoms in total. The molecule has 1 atom stereocenters. The van der Waals surface area contributed by atoms with Crippen LogP contribution in [0.1, 0.15) is 29.2 Å². The van der Waals surface area contributed by atoms with Gasteiger partial charge < -0.3 is 20.5 Å². The fourth-order valence-electron chi connectivity index (χ4n) is 2.50. The third-order valence-corrected chi connectivity index (χ3v) is 3.99. The molecule has 2 aromatic rings. The van der Waals surface area contributed by atoms with Crippen LogP contribution in [-0.2, 0) is 9.59 Å². The predicted octanol–water partition coefficient (Wildman–Crippen LogP) is 2.49. The summed E-state index contributed by atoms with van der Waals surface area (Å²) in [5, 5.41) is 15.4. The van der Waals surface area contributed by atoms with Crippen LogP contribution in [0.25, 0.3) is 0 Å². The van der Waals surface area contributed by atoms with Crippen molar-refractivity contribution < 1.29 is 19.4 Å². The number of nitrogens with one attached hydrogen (secondary N) is 2. The second-order valence-corrected chi connectivity index (χ2v) is 6.08. The van der Waals surface area contributed by atoms with Crippen molar-refractivity contribution in [1.82, 2.24) is 5.32 Å². The molecular weight excluding hydrogens is 332 g/mol. The Hall–Kier alpha value is -2.86. The van der Waals surface area contributed by atoms with Crippen molar-refractivity contribution in [1.29, 1.82) is 0 Å². The number of carbonyl (C=O) groups is 2. The van der Waals surface area contributed by atoms with Crippen molar-refractivity contribution in [3.63, 3.8) is 0 Å². The number of benzene rings is 2. The van der Waals surface area contributed by atoms with E-state index in [1.54, 1.807) is 31.4 Å². The van der Waals surface area contributed by atoms with E-state index in [2.05, 4.69) is 10.6 Å². The Bertz CT molecular complexity index is 772. The summed E-state index contributed by atoms with van der Waals surface area (Å²) in [7, 11) is 1.54. The van der Waals surface area contributed by atoms with Crippen molar-refractivity contribution in [2.75, 3.05) is 19.0 Å². The molecule has 0 fully saturated rings. The van der Waals surface area contributed by atoms with Crippen LogP contribution in [0.15, 0.2) is 42.5 Å². The van der Waals surface area contributed by atoms with Crippen molar-refractivity contribution in [3.05, 3.63) is 59.2 Å². The van der Waals surface area contributed by atoms with Crippen LogP contribution in [0.2, 0.25) is 0 Å². The number of carbonyl (C=O) groups excluding carboxylic acids is 2. The van der Waals surface area contributed by atoms with Gasteiger partial charge >= 0.3 is 0 Å². The molecule has 0 spiro atoms. The van der Waals surface area contributed by atoms with Crippen molar-refractivity contribution in [2.24, 2.45) is 0 Å². The molecule has 0 aliphatic heterocycles. The molecule has 2 amide bonds. The first kappa shape index (κ1) is 19.5. The summed E-state index contributed by atoms with van der Waals surface area (Å²) in [4.78, 5) is 24.0. The zero-order valence-electron chi connectivity index (χ0n) is 15.2. The maximum Gasteiger partial charge on any atom is 0.253 e. The van der Waals surface area contributed by atoms with Gasteiger partial charge in [-0.05, 0) is 43.2 Å². The van der Waals surface area contributed by atoms with Crippen LogP contribution in [0.3, 0.4) is 0 Å². The van der Waals surface area contributed by atoms with Crippen molar-refractivity contribution in [2.45, 2.75) is 26.4 Å². The highest BCUT2D eigenvalue weighted by atomic mass is 16.5. The van der Waals surface area contributed by atoms with Gasteiger partial charge in [-0.3, -0.25) is 9.59 Å². The molecule has 3 N–H and O–H groups in total. The predicted molar refractivity (Wildman–Crippen MR) is 100 cm³/mol. The number of hydrogen-bond acceptors (Lipinski definition) is 4. The molecule has 0 unspecified atom stereocenters. The summed E-state index contributed by atoms with van der Waals surface area (Å²) in [6.07, 6.45) is -1.17. The van der Waals surface area contributed by atoms with Crippen LogP contribution >= 0.6 is 0 Å². The minimum absolute atomic E-state index is 0.119. The highest BCUT2D eigenvalue weighted by molar-refractivity contribution is 5.92. The lowest BCUT2D eigenvalue weighted by Crippen LogP contribution is -2.32. The van der Waals surface area contributed by atoms with Gasteiger partial charge in [0.25, 0.3) is 5.91 Å². The molecule has 0 saturated heterocycles. The number of anilines is 1. The van der Waals surface area contributed by atoms with Crippen LogP contribution in [0, 0.1) is 13.8 Å². The van der Waals surface area contributed by atoms with Crippen LogP contribution in [0.5, 0.6) is 5.75 Å². The van der Waals surface area contributed by atoms with Gasteiger partial charge in [0, 0.05) is 18.7 Å². The Morgan fingerprint density at radius 3 is 2.42 bits per heavy atom. The third kappa shape index (κ3) is 5.32. The van der Waals surface area contributed by atoms with Gasteiger partial charge in [0.1, 0.15) is 5.75 Å². The Morgan fingerprint density at radius 1 is 1.12 bits per heavy atom. The quantitative estimate of drug-likeness (QED) is 0.711. The van der Waals surface area contributed by atoms with Crippen LogP contribution < -0.4 is 15.4 Å². The van der Waals surface area contributed by atoms with E-state index in [9.17, 15) is 14.7 Å². The molecule has 0 aliphatic rings. The summed E-state index contributed by atoms with van der Waals surface area (Å²) < 4.78 is 5.04. The lowest BCUT2D eigenvalue weighted by Gasteiger charge is -2.13. The van der Waals surface area contributed by atoms with Gasteiger partial charge in [0.2, 0.25) is 5.91 Å². The topological polar surface area (TPSA) is 87.7 Å². The average molecular weight is 356 g/mol. The van der Waals surface area contributed by atoms with E-state index in [-0.39, 0.29) is 18.9 Å². The number of aliphatic hydroxyl groups is 1. The van der Waals surface area contributed by atoms with E-state index in [1.165, 1.54) is 0 Å². The summed E-state index contributed by atoms with van der Waals surface area (Å²) >= 11 is 0. The minimum Gasteiger partial charge on any atom is -0.497 e. The normalized spacial score (nSPS) is 11.5. The van der Waals surface area contributed by atoms with Gasteiger partial charge in [-0.2, -0.15) is 0 Å². The first-order valence-corrected chi connectivity index (χ1v) is 8.37. The number of aliphatic hydroxyl groups excluding tert-OH is 1. The van der Waals surface area contributed by atoms with E-state index < -0.39 is 12.0 Å². The minimum atomic E-state index is -1.29. The molecule has 26 heavy (non-hydrogen) atoms. The summed E-state index contributed by atoms with van der Waals surface area (Å²) in [6.45, 7) is 4.06. The Balaban J connectivity index is 1.80. The van der Waals surface area contributed by atoms with Crippen molar-refractivity contribution in [3.8, 4) is 5.75 Å². The first-order valence-electron chi connectivity index (χ1n) is 8.37. The molecule has 2 aromatic carbocycles. The zero-order chi connectivity index (χ0) is 19.1. The number of aryl methyl sites for hydroxylation is 2. The lowest BCUT2D eigenvalue weighted by atomic mass is 10.1. The van der Waals surface area contributed by atoms with Crippen LogP contribution in [-0.4, -0.2) is 30.6 Å². The number of hydrogen-bond donors (Lipinski definition) is 3. The molecule has 0 bridgehead atoms. The second kappa shape index (κ2) is 9.01. The SMILES string of the molecule is COc1ccc([C@@H](O)C(=O)NCCC(=O)Nc2ccc(C)cc2C)cc1. The van der Waals surface area contributed by atoms with E-state index in [1.807, 2.05) is 32.0 Å². The maximum absolute atomic E-state index is 12.0. The zero-order valence-corrected chi connectivity index (χ0v) is 15.2. The fourth-order valence-corrected chi connectivity index (χ4v) is 2.50. The van der Waals surface area contributed by atoms with Gasteiger partial charge in [0.05, 0.1) is 7.11 Å². The molecule has 0 heterocycles. The van der Waals surface area contributed by atoms with E-state index >= 15 is 0 Å². The molecular formula is C20H24N2O4. The Kier molecular flexibility index (Phi) is 6.74. The molecule has 0 aliphatic carbocycles. The molecule has 0 radical (unpaired) electrons. The van der Waals surface area contributed by atoms with Crippen molar-refractivity contribution >= 4 is 17.5 Å². The van der Waals surface area contributed by atoms with Gasteiger partial charge in [-0.15, -0.1) is 0 Å². The monoisotopic (exact) mass is 356 g/mol. The van der Waals surface area contributed by atoms with E-state index in [0.717, 1.165) is 16.8 Å². The first-order chi connectivity index (χ1) is 12.4. The molecule has 0 aromatic heterocycles. The highest BCUT2D eigenvalue weighted by Gasteiger charge is 2.17. The number of methoxy groups -OCH3 is 1. The number of ether oxygens (including phenoxy) is 1. The Labute approximate surface area is 153 Å². The lowest BCUT2D eigenvalue weighted by molar-refractivity contribution is -0.129. The molecule has 0 saturated carbocycles. The second-order valence-electron chi connectivity index (χ2n) is 6.08. The molecule has 138 valence electrons.